The Bertz CT molecular complexity index is 182. The fraction of sp³-hybridized carbons (Fsp3) is 0.750. The Morgan fingerprint density at radius 2 is 2.10 bits per heavy atom. The maximum Gasteiger partial charge on any atom is 0.144 e. The van der Waals surface area contributed by atoms with Crippen molar-refractivity contribution in [1.82, 2.24) is 0 Å². The van der Waals surface area contributed by atoms with E-state index < -0.39 is 0 Å². The van der Waals surface area contributed by atoms with Crippen LogP contribution < -0.4 is 0 Å². The van der Waals surface area contributed by atoms with Crippen molar-refractivity contribution in [3.8, 4) is 0 Å². The molecule has 1 aliphatic carbocycles. The van der Waals surface area contributed by atoms with E-state index in [1.807, 2.05) is 13.8 Å². The summed E-state index contributed by atoms with van der Waals surface area (Å²) in [6.45, 7) is 3.92. The van der Waals surface area contributed by atoms with Gasteiger partial charge in [0.1, 0.15) is 5.78 Å². The van der Waals surface area contributed by atoms with Crippen LogP contribution in [0, 0.1) is 10.8 Å². The molecule has 0 radical (unpaired) electrons. The van der Waals surface area contributed by atoms with Crippen molar-refractivity contribution in [2.24, 2.45) is 5.41 Å². The van der Waals surface area contributed by atoms with Gasteiger partial charge in [-0.2, -0.15) is 0 Å². The van der Waals surface area contributed by atoms with E-state index in [-0.39, 0.29) is 11.2 Å². The van der Waals surface area contributed by atoms with Gasteiger partial charge in [-0.1, -0.05) is 13.8 Å². The molecule has 1 fully saturated rings. The predicted octanol–water partition coefficient (Wildman–Crippen LogP) is 1.79. The average molecular weight is 139 g/mol. The summed E-state index contributed by atoms with van der Waals surface area (Å²) in [5.41, 5.74) is 0.439. The summed E-state index contributed by atoms with van der Waals surface area (Å²) in [6, 6.07) is 0. The molecule has 1 aliphatic rings. The first-order valence-corrected chi connectivity index (χ1v) is 3.62. The van der Waals surface area contributed by atoms with Gasteiger partial charge in [-0.3, -0.25) is 4.79 Å². The van der Waals surface area contributed by atoms with Crippen molar-refractivity contribution in [3.05, 3.63) is 0 Å². The molecule has 0 bridgehead atoms. The lowest BCUT2D eigenvalue weighted by Crippen LogP contribution is -2.31. The molecule has 1 rings (SSSR count). The third-order valence-corrected chi connectivity index (χ3v) is 2.18. The second-order valence-corrected chi connectivity index (χ2v) is 3.59. The van der Waals surface area contributed by atoms with Gasteiger partial charge in [-0.25, -0.2) is 0 Å². The van der Waals surface area contributed by atoms with Gasteiger partial charge >= 0.3 is 0 Å². The van der Waals surface area contributed by atoms with E-state index in [0.717, 1.165) is 12.8 Å². The fourth-order valence-electron chi connectivity index (χ4n) is 1.12. The molecular weight excluding hydrogens is 126 g/mol. The molecule has 0 spiro atoms. The molecule has 0 unspecified atom stereocenters. The minimum Gasteiger partial charge on any atom is -0.309 e. The lowest BCUT2D eigenvalue weighted by molar-refractivity contribution is -0.126. The van der Waals surface area contributed by atoms with Crippen molar-refractivity contribution < 1.29 is 4.79 Å². The molecule has 0 aliphatic heterocycles. The van der Waals surface area contributed by atoms with Crippen LogP contribution in [0.2, 0.25) is 0 Å². The highest BCUT2D eigenvalue weighted by molar-refractivity contribution is 6.04. The van der Waals surface area contributed by atoms with Crippen LogP contribution >= 0.6 is 0 Å². The molecular formula is C8H13NO. The van der Waals surface area contributed by atoms with Crippen molar-refractivity contribution in [2.45, 2.75) is 33.1 Å². The molecule has 0 heterocycles. The quantitative estimate of drug-likeness (QED) is 0.546. The van der Waals surface area contributed by atoms with E-state index in [1.165, 1.54) is 0 Å². The van der Waals surface area contributed by atoms with E-state index in [1.54, 1.807) is 0 Å². The largest absolute Gasteiger partial charge is 0.309 e. The van der Waals surface area contributed by atoms with Gasteiger partial charge in [-0.15, -0.1) is 0 Å². The zero-order chi connectivity index (χ0) is 7.78. The molecule has 1 N–H and O–H groups in total. The summed E-state index contributed by atoms with van der Waals surface area (Å²) in [5, 5.41) is 7.27. The second kappa shape index (κ2) is 2.19. The molecule has 0 aromatic carbocycles. The number of Topliss-reactive ketones (excluding diaryl/α,β-unsaturated/α-hetero) is 1. The van der Waals surface area contributed by atoms with Crippen LogP contribution in [0.4, 0.5) is 0 Å². The zero-order valence-corrected chi connectivity index (χ0v) is 6.53. The Kier molecular flexibility index (Phi) is 1.63. The summed E-state index contributed by atoms with van der Waals surface area (Å²) < 4.78 is 0. The smallest absolute Gasteiger partial charge is 0.144 e. The SMILES string of the molecule is CC1(C)CCC(=N)CC1=O. The van der Waals surface area contributed by atoms with Gasteiger partial charge in [0, 0.05) is 17.5 Å². The molecule has 2 heteroatoms. The summed E-state index contributed by atoms with van der Waals surface area (Å²) in [7, 11) is 0. The average Bonchev–Trinajstić information content (AvgIpc) is 1.81. The highest BCUT2D eigenvalue weighted by Crippen LogP contribution is 2.29. The zero-order valence-electron chi connectivity index (χ0n) is 6.53. The van der Waals surface area contributed by atoms with Crippen LogP contribution in [0.25, 0.3) is 0 Å². The normalized spacial score (nSPS) is 25.0. The fourth-order valence-corrected chi connectivity index (χ4v) is 1.12. The van der Waals surface area contributed by atoms with Gasteiger partial charge in [-0.05, 0) is 12.8 Å². The van der Waals surface area contributed by atoms with E-state index in [4.69, 9.17) is 5.41 Å². The highest BCUT2D eigenvalue weighted by atomic mass is 16.1. The Hall–Kier alpha value is -0.660. The van der Waals surface area contributed by atoms with E-state index in [9.17, 15) is 4.79 Å². The van der Waals surface area contributed by atoms with Crippen molar-refractivity contribution >= 4 is 11.5 Å². The van der Waals surface area contributed by atoms with Gasteiger partial charge in [0.25, 0.3) is 0 Å². The molecule has 0 aromatic heterocycles. The summed E-state index contributed by atoms with van der Waals surface area (Å²) in [6.07, 6.45) is 2.04. The lowest BCUT2D eigenvalue weighted by Gasteiger charge is -2.27. The van der Waals surface area contributed by atoms with E-state index in [2.05, 4.69) is 0 Å². The van der Waals surface area contributed by atoms with Gasteiger partial charge in [0.15, 0.2) is 0 Å². The molecule has 0 saturated heterocycles. The number of hydrogen-bond donors (Lipinski definition) is 1. The van der Waals surface area contributed by atoms with E-state index in [0.29, 0.717) is 12.1 Å². The van der Waals surface area contributed by atoms with Crippen LogP contribution in [0.15, 0.2) is 0 Å². The monoisotopic (exact) mass is 139 g/mol. The standard InChI is InChI=1S/C8H13NO/c1-8(2)4-3-6(9)5-7(8)10/h9H,3-5H2,1-2H3. The van der Waals surface area contributed by atoms with Gasteiger partial charge < -0.3 is 5.41 Å². The highest BCUT2D eigenvalue weighted by Gasteiger charge is 2.31. The Morgan fingerprint density at radius 3 is 2.50 bits per heavy atom. The first kappa shape index (κ1) is 7.45. The van der Waals surface area contributed by atoms with Crippen LogP contribution in [0.3, 0.4) is 0 Å². The summed E-state index contributed by atoms with van der Waals surface area (Å²) in [5.74, 6) is 0.226. The number of rotatable bonds is 0. The van der Waals surface area contributed by atoms with Crippen molar-refractivity contribution in [2.75, 3.05) is 0 Å². The van der Waals surface area contributed by atoms with E-state index >= 15 is 0 Å². The number of carbonyl (C=O) groups is 1. The summed E-state index contributed by atoms with van der Waals surface area (Å²) >= 11 is 0. The van der Waals surface area contributed by atoms with Gasteiger partial charge in [0.05, 0.1) is 0 Å². The Labute approximate surface area is 61.1 Å². The van der Waals surface area contributed by atoms with Crippen LogP contribution in [0.5, 0.6) is 0 Å². The third kappa shape index (κ3) is 1.25. The number of nitrogens with one attached hydrogen (secondary N) is 1. The maximum absolute atomic E-state index is 11.2. The minimum absolute atomic E-state index is 0.162. The summed E-state index contributed by atoms with van der Waals surface area (Å²) in [4.78, 5) is 11.2. The molecule has 10 heavy (non-hydrogen) atoms. The topological polar surface area (TPSA) is 40.9 Å². The third-order valence-electron chi connectivity index (χ3n) is 2.18. The van der Waals surface area contributed by atoms with Crippen LogP contribution in [0.1, 0.15) is 33.1 Å². The molecule has 1 saturated carbocycles. The molecule has 0 aromatic rings. The first-order chi connectivity index (χ1) is 4.52. The lowest BCUT2D eigenvalue weighted by atomic mass is 9.76. The molecule has 56 valence electrons. The predicted molar refractivity (Wildman–Crippen MR) is 40.4 cm³/mol. The van der Waals surface area contributed by atoms with Crippen LogP contribution in [-0.4, -0.2) is 11.5 Å². The maximum atomic E-state index is 11.2. The minimum atomic E-state index is -0.162. The number of carbonyl (C=O) groups excluding carboxylic acids is 1. The van der Waals surface area contributed by atoms with Crippen molar-refractivity contribution in [1.29, 1.82) is 5.41 Å². The molecule has 0 amide bonds. The number of hydrogen-bond acceptors (Lipinski definition) is 2. The molecule has 2 nitrogen and oxygen atoms in total. The van der Waals surface area contributed by atoms with Crippen molar-refractivity contribution in [3.63, 3.8) is 0 Å². The first-order valence-electron chi connectivity index (χ1n) is 3.62. The Morgan fingerprint density at radius 1 is 1.50 bits per heavy atom. The number of ketones is 1. The molecule has 0 atom stereocenters. The van der Waals surface area contributed by atoms with Crippen LogP contribution in [-0.2, 0) is 4.79 Å². The van der Waals surface area contributed by atoms with Gasteiger partial charge in [0.2, 0.25) is 0 Å². The second-order valence-electron chi connectivity index (χ2n) is 3.59. The Balaban J connectivity index is 2.70.